The van der Waals surface area contributed by atoms with Gasteiger partial charge in [0.25, 0.3) is 0 Å². The van der Waals surface area contributed by atoms with Gasteiger partial charge in [-0.1, -0.05) is 72.8 Å². The molecule has 0 saturated heterocycles. The quantitative estimate of drug-likeness (QED) is 0.330. The monoisotopic (exact) mass is 332 g/mol. The van der Waals surface area contributed by atoms with Gasteiger partial charge in [0.1, 0.15) is 0 Å². The van der Waals surface area contributed by atoms with E-state index in [0.29, 0.717) is 23.7 Å². The van der Waals surface area contributed by atoms with Gasteiger partial charge in [-0.25, -0.2) is 0 Å². The number of fused-ring (bicyclic) bond motifs is 6. The minimum atomic E-state index is 0.696. The maximum atomic E-state index is 2.40. The number of rotatable bonds is 0. The third kappa shape index (κ3) is 1.49. The number of hydrogen-bond donors (Lipinski definition) is 0. The maximum Gasteiger partial charge on any atom is -0.00804 e. The number of benzene rings is 4. The van der Waals surface area contributed by atoms with Crippen LogP contribution in [-0.2, 0) is 0 Å². The zero-order valence-corrected chi connectivity index (χ0v) is 14.7. The highest BCUT2D eigenvalue weighted by Crippen LogP contribution is 2.63. The Morgan fingerprint density at radius 2 is 0.731 bits per heavy atom. The van der Waals surface area contributed by atoms with Gasteiger partial charge >= 0.3 is 0 Å². The molecule has 7 rings (SSSR count). The summed E-state index contributed by atoms with van der Waals surface area (Å²) in [5.41, 5.74) is 6.46. The molecule has 0 nitrogen and oxygen atoms in total. The van der Waals surface area contributed by atoms with E-state index >= 15 is 0 Å². The Balaban J connectivity index is 1.45. The molecule has 0 amide bonds. The third-order valence-corrected chi connectivity index (χ3v) is 7.52. The normalized spacial score (nSPS) is 27.7. The van der Waals surface area contributed by atoms with E-state index in [0.717, 1.165) is 0 Å². The molecule has 3 aliphatic carbocycles. The Bertz CT molecular complexity index is 1030. The first-order chi connectivity index (χ1) is 12.9. The SMILES string of the molecule is c1cc2c3c(cccc3c1)[C@@H]1C[C@@H]3c4cccc5cccc(c45)[C@@H]3C[C@H]21. The molecule has 3 aliphatic rings. The van der Waals surface area contributed by atoms with E-state index in [1.54, 1.807) is 33.0 Å². The summed E-state index contributed by atoms with van der Waals surface area (Å²) in [7, 11) is 0. The van der Waals surface area contributed by atoms with Gasteiger partial charge in [0.2, 0.25) is 0 Å². The Kier molecular flexibility index (Phi) is 2.39. The average molecular weight is 332 g/mol. The van der Waals surface area contributed by atoms with Gasteiger partial charge in [-0.05, 0) is 80.3 Å². The lowest BCUT2D eigenvalue weighted by Crippen LogP contribution is -2.22. The molecular formula is C26H20. The molecule has 0 aromatic heterocycles. The lowest BCUT2D eigenvalue weighted by molar-refractivity contribution is 0.326. The first-order valence-corrected chi connectivity index (χ1v) is 9.93. The van der Waals surface area contributed by atoms with Crippen LogP contribution in [0.25, 0.3) is 21.5 Å². The van der Waals surface area contributed by atoms with Crippen LogP contribution in [0, 0.1) is 0 Å². The van der Waals surface area contributed by atoms with Crippen molar-refractivity contribution in [1.29, 1.82) is 0 Å². The molecule has 124 valence electrons. The van der Waals surface area contributed by atoms with Crippen molar-refractivity contribution in [3.05, 3.63) is 95.1 Å². The standard InChI is InChI=1S/C26H20/c1-5-15-6-2-10-18-22-14-24-20-12-4-8-16-7-3-11-19(26(16)20)23(24)13-21(22)17(9-1)25(15)18/h1-12,21-24H,13-14H2/t21-,22+,23+,24-. The summed E-state index contributed by atoms with van der Waals surface area (Å²) in [5, 5.41) is 6.00. The summed E-state index contributed by atoms with van der Waals surface area (Å²) >= 11 is 0. The Morgan fingerprint density at radius 1 is 0.423 bits per heavy atom. The Hall–Kier alpha value is -2.60. The lowest BCUT2D eigenvalue weighted by atomic mass is 9.66. The van der Waals surface area contributed by atoms with Crippen LogP contribution in [0.5, 0.6) is 0 Å². The highest BCUT2D eigenvalue weighted by atomic mass is 14.5. The van der Waals surface area contributed by atoms with E-state index in [1.807, 2.05) is 0 Å². The summed E-state index contributed by atoms with van der Waals surface area (Å²) in [6.07, 6.45) is 2.60. The molecule has 0 aliphatic heterocycles. The van der Waals surface area contributed by atoms with Crippen molar-refractivity contribution in [3.8, 4) is 0 Å². The minimum Gasteiger partial charge on any atom is -0.0613 e. The molecule has 4 aromatic carbocycles. The third-order valence-electron chi connectivity index (χ3n) is 7.52. The van der Waals surface area contributed by atoms with Crippen molar-refractivity contribution >= 4 is 21.5 Å². The molecular weight excluding hydrogens is 312 g/mol. The number of hydrogen-bond acceptors (Lipinski definition) is 0. The molecule has 4 atom stereocenters. The molecule has 0 heterocycles. The van der Waals surface area contributed by atoms with E-state index in [1.165, 1.54) is 23.6 Å². The summed E-state index contributed by atoms with van der Waals surface area (Å²) < 4.78 is 0. The summed E-state index contributed by atoms with van der Waals surface area (Å²) in [6.45, 7) is 0. The Labute approximate surface area is 153 Å². The summed E-state index contributed by atoms with van der Waals surface area (Å²) in [5.74, 6) is 2.78. The molecule has 0 unspecified atom stereocenters. The van der Waals surface area contributed by atoms with Crippen molar-refractivity contribution in [1.82, 2.24) is 0 Å². The van der Waals surface area contributed by atoms with Gasteiger partial charge < -0.3 is 0 Å². The molecule has 0 N–H and O–H groups in total. The van der Waals surface area contributed by atoms with E-state index in [9.17, 15) is 0 Å². The van der Waals surface area contributed by atoms with Crippen LogP contribution in [-0.4, -0.2) is 0 Å². The second-order valence-electron chi connectivity index (χ2n) is 8.48. The smallest absolute Gasteiger partial charge is 0.00804 e. The molecule has 4 aromatic rings. The fourth-order valence-corrected chi connectivity index (χ4v) is 6.61. The molecule has 0 radical (unpaired) electrons. The molecule has 1 saturated carbocycles. The van der Waals surface area contributed by atoms with Crippen LogP contribution >= 0.6 is 0 Å². The van der Waals surface area contributed by atoms with Gasteiger partial charge in [0.05, 0.1) is 0 Å². The summed E-state index contributed by atoms with van der Waals surface area (Å²) in [4.78, 5) is 0. The van der Waals surface area contributed by atoms with Crippen molar-refractivity contribution in [3.63, 3.8) is 0 Å². The largest absolute Gasteiger partial charge is 0.0613 e. The second-order valence-corrected chi connectivity index (χ2v) is 8.48. The van der Waals surface area contributed by atoms with Crippen LogP contribution in [0.1, 0.15) is 58.8 Å². The molecule has 26 heavy (non-hydrogen) atoms. The van der Waals surface area contributed by atoms with Crippen molar-refractivity contribution in [2.24, 2.45) is 0 Å². The van der Waals surface area contributed by atoms with Gasteiger partial charge in [0, 0.05) is 0 Å². The molecule has 0 bridgehead atoms. The van der Waals surface area contributed by atoms with Gasteiger partial charge in [-0.2, -0.15) is 0 Å². The van der Waals surface area contributed by atoms with Gasteiger partial charge in [-0.15, -0.1) is 0 Å². The topological polar surface area (TPSA) is 0 Å². The summed E-state index contributed by atoms with van der Waals surface area (Å²) in [6, 6.07) is 27.8. The van der Waals surface area contributed by atoms with Crippen molar-refractivity contribution < 1.29 is 0 Å². The highest BCUT2D eigenvalue weighted by Gasteiger charge is 2.46. The van der Waals surface area contributed by atoms with Gasteiger partial charge in [-0.3, -0.25) is 0 Å². The minimum absolute atomic E-state index is 0.696. The maximum absolute atomic E-state index is 2.40. The first-order valence-electron chi connectivity index (χ1n) is 9.93. The molecule has 0 heteroatoms. The van der Waals surface area contributed by atoms with E-state index in [2.05, 4.69) is 72.8 Å². The van der Waals surface area contributed by atoms with Crippen LogP contribution < -0.4 is 0 Å². The van der Waals surface area contributed by atoms with Crippen molar-refractivity contribution in [2.75, 3.05) is 0 Å². The van der Waals surface area contributed by atoms with Crippen LogP contribution in [0.3, 0.4) is 0 Å². The van der Waals surface area contributed by atoms with E-state index < -0.39 is 0 Å². The van der Waals surface area contributed by atoms with Crippen LogP contribution in [0.15, 0.2) is 72.8 Å². The Morgan fingerprint density at radius 3 is 1.04 bits per heavy atom. The predicted octanol–water partition coefficient (Wildman–Crippen LogP) is 6.85. The van der Waals surface area contributed by atoms with E-state index in [-0.39, 0.29) is 0 Å². The zero-order valence-electron chi connectivity index (χ0n) is 14.7. The van der Waals surface area contributed by atoms with E-state index in [4.69, 9.17) is 0 Å². The zero-order chi connectivity index (χ0) is 16.8. The second kappa shape index (κ2) is 4.57. The fraction of sp³-hybridized carbons (Fsp3) is 0.231. The highest BCUT2D eigenvalue weighted by molar-refractivity contribution is 5.94. The van der Waals surface area contributed by atoms with Crippen LogP contribution in [0.2, 0.25) is 0 Å². The van der Waals surface area contributed by atoms with Gasteiger partial charge in [0.15, 0.2) is 0 Å². The fourth-order valence-electron chi connectivity index (χ4n) is 6.61. The predicted molar refractivity (Wildman–Crippen MR) is 108 cm³/mol. The molecule has 0 spiro atoms. The van der Waals surface area contributed by atoms with Crippen molar-refractivity contribution in [2.45, 2.75) is 36.5 Å². The first kappa shape index (κ1) is 13.6. The van der Waals surface area contributed by atoms with Crippen LogP contribution in [0.4, 0.5) is 0 Å². The molecule has 1 fully saturated rings. The lowest BCUT2D eigenvalue weighted by Gasteiger charge is -2.37. The average Bonchev–Trinajstić information content (AvgIpc) is 3.18.